The molecule has 0 bridgehead atoms. The van der Waals surface area contributed by atoms with Crippen LogP contribution in [0.4, 0.5) is 5.82 Å². The number of hydrogen-bond acceptors (Lipinski definition) is 4. The van der Waals surface area contributed by atoms with Crippen molar-refractivity contribution in [1.29, 1.82) is 0 Å². The molecule has 4 nitrogen and oxygen atoms in total. The van der Waals surface area contributed by atoms with Crippen LogP contribution in [-0.4, -0.2) is 12.3 Å². The Kier molecular flexibility index (Phi) is 2.98. The molecule has 0 atom stereocenters. The Bertz CT molecular complexity index is 564. The van der Waals surface area contributed by atoms with Gasteiger partial charge in [-0.25, -0.2) is 0 Å². The second-order valence-electron chi connectivity index (χ2n) is 3.83. The highest BCUT2D eigenvalue weighted by molar-refractivity contribution is 6.32. The predicted octanol–water partition coefficient (Wildman–Crippen LogP) is 3.20. The first-order valence-electron chi connectivity index (χ1n) is 5.11. The van der Waals surface area contributed by atoms with Crippen LogP contribution in [0.5, 0.6) is 5.75 Å². The second-order valence-corrected chi connectivity index (χ2v) is 4.21. The molecule has 0 aliphatic rings. The summed E-state index contributed by atoms with van der Waals surface area (Å²) in [6.45, 7) is 3.83. The van der Waals surface area contributed by atoms with Gasteiger partial charge in [-0.1, -0.05) is 16.8 Å². The summed E-state index contributed by atoms with van der Waals surface area (Å²) in [5, 5.41) is 4.36. The van der Waals surface area contributed by atoms with Crippen LogP contribution in [-0.2, 0) is 0 Å². The number of rotatable bonds is 2. The third-order valence-corrected chi connectivity index (χ3v) is 3.20. The van der Waals surface area contributed by atoms with Crippen LogP contribution in [0.3, 0.4) is 0 Å². The number of anilines is 1. The molecule has 2 rings (SSSR count). The summed E-state index contributed by atoms with van der Waals surface area (Å²) in [6.07, 6.45) is 0. The van der Waals surface area contributed by atoms with E-state index in [4.69, 9.17) is 26.6 Å². The molecule has 0 amide bonds. The van der Waals surface area contributed by atoms with Crippen molar-refractivity contribution in [2.45, 2.75) is 13.8 Å². The summed E-state index contributed by atoms with van der Waals surface area (Å²) in [4.78, 5) is 0. The van der Waals surface area contributed by atoms with Gasteiger partial charge in [-0.2, -0.15) is 0 Å². The highest BCUT2D eigenvalue weighted by atomic mass is 35.5. The lowest BCUT2D eigenvalue weighted by Crippen LogP contribution is -1.94. The van der Waals surface area contributed by atoms with E-state index in [1.54, 1.807) is 13.2 Å². The van der Waals surface area contributed by atoms with Crippen LogP contribution < -0.4 is 10.5 Å². The van der Waals surface area contributed by atoms with E-state index >= 15 is 0 Å². The fraction of sp³-hybridized carbons (Fsp3) is 0.250. The molecule has 0 saturated carbocycles. The molecule has 1 heterocycles. The summed E-state index contributed by atoms with van der Waals surface area (Å²) >= 11 is 6.18. The maximum Gasteiger partial charge on any atom is 0.172 e. The molecule has 0 fully saturated rings. The molecule has 0 aliphatic carbocycles. The van der Waals surface area contributed by atoms with E-state index in [1.165, 1.54) is 0 Å². The van der Waals surface area contributed by atoms with Crippen molar-refractivity contribution in [1.82, 2.24) is 5.16 Å². The average molecular weight is 253 g/mol. The van der Waals surface area contributed by atoms with Gasteiger partial charge < -0.3 is 15.0 Å². The van der Waals surface area contributed by atoms with Gasteiger partial charge in [0.15, 0.2) is 11.6 Å². The molecular formula is C12H13ClN2O2. The van der Waals surface area contributed by atoms with Crippen molar-refractivity contribution in [3.63, 3.8) is 0 Å². The first-order valence-corrected chi connectivity index (χ1v) is 5.48. The van der Waals surface area contributed by atoms with E-state index in [2.05, 4.69) is 5.16 Å². The summed E-state index contributed by atoms with van der Waals surface area (Å²) in [5.74, 6) is 1.59. The van der Waals surface area contributed by atoms with Gasteiger partial charge in [0.25, 0.3) is 0 Å². The van der Waals surface area contributed by atoms with Crippen molar-refractivity contribution in [2.24, 2.45) is 0 Å². The Labute approximate surface area is 104 Å². The molecule has 5 heteroatoms. The number of aryl methyl sites for hydroxylation is 1. The van der Waals surface area contributed by atoms with Gasteiger partial charge in [-0.3, -0.25) is 0 Å². The molecule has 2 N–H and O–H groups in total. The summed E-state index contributed by atoms with van der Waals surface area (Å²) in [5.41, 5.74) is 8.17. The van der Waals surface area contributed by atoms with E-state index in [0.717, 1.165) is 16.7 Å². The smallest absolute Gasteiger partial charge is 0.172 e. The molecule has 0 unspecified atom stereocenters. The van der Waals surface area contributed by atoms with Crippen molar-refractivity contribution in [2.75, 3.05) is 12.8 Å². The standard InChI is InChI=1S/C12H13ClN2O2/c1-6-4-8(9-5-10(14)15-17-9)12(16-3)7(2)11(6)13/h4-5H,1-3H3,(H2,14,15). The number of nitrogen functional groups attached to an aromatic ring is 1. The zero-order chi connectivity index (χ0) is 12.6. The first-order chi connectivity index (χ1) is 8.04. The van der Waals surface area contributed by atoms with E-state index < -0.39 is 0 Å². The molecule has 1 aromatic carbocycles. The summed E-state index contributed by atoms with van der Waals surface area (Å²) in [7, 11) is 1.59. The number of ether oxygens (including phenoxy) is 1. The number of hydrogen-bond donors (Lipinski definition) is 1. The van der Waals surface area contributed by atoms with Gasteiger partial charge in [0.2, 0.25) is 0 Å². The molecule has 17 heavy (non-hydrogen) atoms. The van der Waals surface area contributed by atoms with Crippen LogP contribution in [0.1, 0.15) is 11.1 Å². The van der Waals surface area contributed by atoms with Gasteiger partial charge in [0.1, 0.15) is 5.75 Å². The minimum atomic E-state index is 0.340. The molecule has 0 aliphatic heterocycles. The van der Waals surface area contributed by atoms with Crippen molar-refractivity contribution in [3.8, 4) is 17.1 Å². The lowest BCUT2D eigenvalue weighted by molar-refractivity contribution is 0.404. The molecule has 90 valence electrons. The maximum absolute atomic E-state index is 6.18. The third-order valence-electron chi connectivity index (χ3n) is 2.62. The quantitative estimate of drug-likeness (QED) is 0.892. The van der Waals surface area contributed by atoms with Crippen LogP contribution in [0, 0.1) is 13.8 Å². The van der Waals surface area contributed by atoms with Crippen LogP contribution >= 0.6 is 11.6 Å². The first kappa shape index (κ1) is 11.8. The lowest BCUT2D eigenvalue weighted by atomic mass is 10.0. The van der Waals surface area contributed by atoms with Gasteiger partial charge >= 0.3 is 0 Å². The molecule has 0 spiro atoms. The predicted molar refractivity (Wildman–Crippen MR) is 67.4 cm³/mol. The lowest BCUT2D eigenvalue weighted by Gasteiger charge is -2.12. The Morgan fingerprint density at radius 3 is 2.59 bits per heavy atom. The fourth-order valence-electron chi connectivity index (χ4n) is 1.80. The second kappa shape index (κ2) is 4.30. The Morgan fingerprint density at radius 1 is 1.35 bits per heavy atom. The van der Waals surface area contributed by atoms with E-state index in [9.17, 15) is 0 Å². The van der Waals surface area contributed by atoms with Crippen LogP contribution in [0.2, 0.25) is 5.02 Å². The number of aromatic nitrogens is 1. The van der Waals surface area contributed by atoms with E-state index in [0.29, 0.717) is 22.4 Å². The number of halogens is 1. The zero-order valence-corrected chi connectivity index (χ0v) is 10.6. The van der Waals surface area contributed by atoms with Crippen molar-refractivity contribution < 1.29 is 9.26 Å². The molecule has 0 radical (unpaired) electrons. The molecule has 1 aromatic heterocycles. The normalized spacial score (nSPS) is 10.6. The Morgan fingerprint density at radius 2 is 2.06 bits per heavy atom. The molecular weight excluding hydrogens is 240 g/mol. The minimum absolute atomic E-state index is 0.340. The number of benzene rings is 1. The van der Waals surface area contributed by atoms with E-state index in [1.807, 2.05) is 19.9 Å². The number of nitrogens with zero attached hydrogens (tertiary/aromatic N) is 1. The van der Waals surface area contributed by atoms with Gasteiger partial charge in [0.05, 0.1) is 17.7 Å². The van der Waals surface area contributed by atoms with Crippen LogP contribution in [0.25, 0.3) is 11.3 Å². The van der Waals surface area contributed by atoms with E-state index in [-0.39, 0.29) is 0 Å². The molecule has 2 aromatic rings. The zero-order valence-electron chi connectivity index (χ0n) is 9.87. The maximum atomic E-state index is 6.18. The summed E-state index contributed by atoms with van der Waals surface area (Å²) < 4.78 is 10.5. The summed E-state index contributed by atoms with van der Waals surface area (Å²) in [6, 6.07) is 3.55. The Hall–Kier alpha value is -1.68. The monoisotopic (exact) mass is 252 g/mol. The third kappa shape index (κ3) is 1.96. The Balaban J connectivity index is 2.69. The number of nitrogens with two attached hydrogens (primary N) is 1. The minimum Gasteiger partial charge on any atom is -0.496 e. The van der Waals surface area contributed by atoms with Gasteiger partial charge in [0, 0.05) is 11.6 Å². The van der Waals surface area contributed by atoms with Gasteiger partial charge in [-0.05, 0) is 25.5 Å². The molecule has 0 saturated heterocycles. The number of methoxy groups -OCH3 is 1. The largest absolute Gasteiger partial charge is 0.496 e. The van der Waals surface area contributed by atoms with Crippen molar-refractivity contribution >= 4 is 17.4 Å². The van der Waals surface area contributed by atoms with Crippen LogP contribution in [0.15, 0.2) is 16.7 Å². The average Bonchev–Trinajstić information content (AvgIpc) is 2.72. The highest BCUT2D eigenvalue weighted by Gasteiger charge is 2.17. The topological polar surface area (TPSA) is 61.3 Å². The highest BCUT2D eigenvalue weighted by Crippen LogP contribution is 2.39. The SMILES string of the molecule is COc1c(-c2cc(N)no2)cc(C)c(Cl)c1C. The van der Waals surface area contributed by atoms with Gasteiger partial charge in [-0.15, -0.1) is 0 Å². The van der Waals surface area contributed by atoms with Crippen molar-refractivity contribution in [3.05, 3.63) is 28.3 Å². The fourth-order valence-corrected chi connectivity index (χ4v) is 1.95.